The summed E-state index contributed by atoms with van der Waals surface area (Å²) in [6.45, 7) is 2.08. The highest BCUT2D eigenvalue weighted by molar-refractivity contribution is 6.31. The number of amides is 3. The number of nitrogens with one attached hydrogen (secondary N) is 3. The number of benzene rings is 2. The highest BCUT2D eigenvalue weighted by Gasteiger charge is 2.29. The molecule has 0 heterocycles. The SMILES string of the molecule is CC(C)NC(=O)Nc1cccc(C(=O)Nc2cc(Cl)ccc2OCC(F)(F)F)c1. The van der Waals surface area contributed by atoms with Gasteiger partial charge in [-0.1, -0.05) is 17.7 Å². The highest BCUT2D eigenvalue weighted by atomic mass is 35.5. The van der Waals surface area contributed by atoms with E-state index in [4.69, 9.17) is 16.3 Å². The third kappa shape index (κ3) is 7.53. The fraction of sp³-hybridized carbons (Fsp3) is 0.263. The van der Waals surface area contributed by atoms with E-state index in [0.29, 0.717) is 5.69 Å². The quantitative estimate of drug-likeness (QED) is 0.600. The number of ether oxygens (including phenoxy) is 1. The maximum Gasteiger partial charge on any atom is 0.422 e. The fourth-order valence-electron chi connectivity index (χ4n) is 2.25. The van der Waals surface area contributed by atoms with E-state index in [1.54, 1.807) is 26.0 Å². The summed E-state index contributed by atoms with van der Waals surface area (Å²) >= 11 is 5.88. The molecule has 0 unspecified atom stereocenters. The van der Waals surface area contributed by atoms with Crippen LogP contribution in [0, 0.1) is 0 Å². The minimum Gasteiger partial charge on any atom is -0.482 e. The Morgan fingerprint density at radius 1 is 1.10 bits per heavy atom. The molecule has 0 spiro atoms. The first-order valence-electron chi connectivity index (χ1n) is 8.51. The average molecular weight is 430 g/mol. The predicted molar refractivity (Wildman–Crippen MR) is 105 cm³/mol. The lowest BCUT2D eigenvalue weighted by molar-refractivity contribution is -0.153. The molecule has 0 bridgehead atoms. The second-order valence-electron chi connectivity index (χ2n) is 6.33. The van der Waals surface area contributed by atoms with Gasteiger partial charge in [-0.05, 0) is 50.2 Å². The zero-order chi connectivity index (χ0) is 21.6. The van der Waals surface area contributed by atoms with E-state index in [2.05, 4.69) is 16.0 Å². The zero-order valence-corrected chi connectivity index (χ0v) is 16.3. The molecule has 3 amide bonds. The average Bonchev–Trinajstić information content (AvgIpc) is 2.59. The lowest BCUT2D eigenvalue weighted by atomic mass is 10.1. The molecule has 0 saturated carbocycles. The van der Waals surface area contributed by atoms with Crippen LogP contribution < -0.4 is 20.7 Å². The molecule has 6 nitrogen and oxygen atoms in total. The van der Waals surface area contributed by atoms with E-state index in [0.717, 1.165) is 0 Å². The molecule has 0 saturated heterocycles. The second kappa shape index (κ2) is 9.51. The minimum absolute atomic E-state index is 0.0114. The maximum absolute atomic E-state index is 12.5. The van der Waals surface area contributed by atoms with Crippen LogP contribution >= 0.6 is 11.6 Å². The van der Waals surface area contributed by atoms with E-state index in [1.807, 2.05) is 0 Å². The van der Waals surface area contributed by atoms with Crippen molar-refractivity contribution in [3.63, 3.8) is 0 Å². The van der Waals surface area contributed by atoms with Crippen LogP contribution in [0.1, 0.15) is 24.2 Å². The topological polar surface area (TPSA) is 79.5 Å². The van der Waals surface area contributed by atoms with E-state index in [9.17, 15) is 22.8 Å². The van der Waals surface area contributed by atoms with Gasteiger partial charge in [-0.15, -0.1) is 0 Å². The number of anilines is 2. The van der Waals surface area contributed by atoms with Crippen LogP contribution in [0.15, 0.2) is 42.5 Å². The molecule has 2 rings (SSSR count). The molecule has 0 aliphatic heterocycles. The van der Waals surface area contributed by atoms with Gasteiger partial charge in [0, 0.05) is 22.3 Å². The van der Waals surface area contributed by atoms with E-state index >= 15 is 0 Å². The Morgan fingerprint density at radius 2 is 1.83 bits per heavy atom. The summed E-state index contributed by atoms with van der Waals surface area (Å²) in [4.78, 5) is 24.3. The van der Waals surface area contributed by atoms with Crippen molar-refractivity contribution in [2.45, 2.75) is 26.1 Å². The standard InChI is InChI=1S/C19H19ClF3N3O3/c1-11(2)24-18(28)25-14-5-3-4-12(8-14)17(27)26-15-9-13(20)6-7-16(15)29-10-19(21,22)23/h3-9,11H,10H2,1-2H3,(H,26,27)(H2,24,25,28). The van der Waals surface area contributed by atoms with Crippen LogP contribution in [0.4, 0.5) is 29.3 Å². The normalized spacial score (nSPS) is 11.1. The monoisotopic (exact) mass is 429 g/mol. The molecule has 29 heavy (non-hydrogen) atoms. The third-order valence-corrected chi connectivity index (χ3v) is 3.62. The number of hydrogen-bond donors (Lipinski definition) is 3. The molecule has 0 aliphatic carbocycles. The van der Waals surface area contributed by atoms with Gasteiger partial charge in [-0.25, -0.2) is 4.79 Å². The van der Waals surface area contributed by atoms with Crippen molar-refractivity contribution in [3.8, 4) is 5.75 Å². The molecular formula is C19H19ClF3N3O3. The number of rotatable bonds is 6. The van der Waals surface area contributed by atoms with Crippen molar-refractivity contribution in [1.29, 1.82) is 0 Å². The summed E-state index contributed by atoms with van der Waals surface area (Å²) in [6, 6.07) is 9.42. The van der Waals surface area contributed by atoms with Crippen LogP contribution in [0.2, 0.25) is 5.02 Å². The summed E-state index contributed by atoms with van der Waals surface area (Å²) in [5, 5.41) is 7.92. The summed E-state index contributed by atoms with van der Waals surface area (Å²) in [6.07, 6.45) is -4.53. The molecule has 0 fully saturated rings. The smallest absolute Gasteiger partial charge is 0.422 e. The number of urea groups is 1. The highest BCUT2D eigenvalue weighted by Crippen LogP contribution is 2.30. The number of alkyl halides is 3. The van der Waals surface area contributed by atoms with Gasteiger partial charge in [0.2, 0.25) is 0 Å². The summed E-state index contributed by atoms with van der Waals surface area (Å²) in [7, 11) is 0. The summed E-state index contributed by atoms with van der Waals surface area (Å²) < 4.78 is 42.0. The Balaban J connectivity index is 2.15. The molecule has 0 aromatic heterocycles. The Kier molecular flexibility index (Phi) is 7.33. The van der Waals surface area contributed by atoms with Crippen molar-refractivity contribution < 1.29 is 27.5 Å². The number of halogens is 4. The largest absolute Gasteiger partial charge is 0.482 e. The van der Waals surface area contributed by atoms with Crippen LogP contribution in [0.5, 0.6) is 5.75 Å². The van der Waals surface area contributed by atoms with Crippen molar-refractivity contribution in [2.24, 2.45) is 0 Å². The van der Waals surface area contributed by atoms with Crippen LogP contribution in [-0.4, -0.2) is 30.8 Å². The molecule has 0 radical (unpaired) electrons. The molecule has 3 N–H and O–H groups in total. The van der Waals surface area contributed by atoms with Gasteiger partial charge in [-0.2, -0.15) is 13.2 Å². The molecule has 0 aliphatic rings. The van der Waals surface area contributed by atoms with E-state index in [1.165, 1.54) is 30.3 Å². The van der Waals surface area contributed by atoms with Crippen molar-refractivity contribution in [1.82, 2.24) is 5.32 Å². The number of carbonyl (C=O) groups excluding carboxylic acids is 2. The minimum atomic E-state index is -4.53. The first kappa shape index (κ1) is 22.4. The van der Waals surface area contributed by atoms with Crippen molar-refractivity contribution in [3.05, 3.63) is 53.1 Å². The Bertz CT molecular complexity index is 888. The van der Waals surface area contributed by atoms with Gasteiger partial charge in [0.1, 0.15) is 5.75 Å². The van der Waals surface area contributed by atoms with E-state index < -0.39 is 24.7 Å². The van der Waals surface area contributed by atoms with Crippen LogP contribution in [0.3, 0.4) is 0 Å². The van der Waals surface area contributed by atoms with Gasteiger partial charge in [0.15, 0.2) is 6.61 Å². The van der Waals surface area contributed by atoms with Crippen LogP contribution in [-0.2, 0) is 0 Å². The van der Waals surface area contributed by atoms with Crippen LogP contribution in [0.25, 0.3) is 0 Å². The van der Waals surface area contributed by atoms with Gasteiger partial charge in [-0.3, -0.25) is 4.79 Å². The molecule has 10 heteroatoms. The lowest BCUT2D eigenvalue weighted by Gasteiger charge is -2.15. The first-order valence-corrected chi connectivity index (χ1v) is 8.89. The first-order chi connectivity index (χ1) is 13.5. The number of carbonyl (C=O) groups is 2. The summed E-state index contributed by atoms with van der Waals surface area (Å²) in [5.74, 6) is -0.789. The molecule has 0 atom stereocenters. The maximum atomic E-state index is 12.5. The van der Waals surface area contributed by atoms with E-state index in [-0.39, 0.29) is 28.1 Å². The van der Waals surface area contributed by atoms with Gasteiger partial charge < -0.3 is 20.7 Å². The molecular weight excluding hydrogens is 411 g/mol. The molecule has 2 aromatic carbocycles. The van der Waals surface area contributed by atoms with Gasteiger partial charge >= 0.3 is 12.2 Å². The Labute approximate surface area is 170 Å². The lowest BCUT2D eigenvalue weighted by Crippen LogP contribution is -2.34. The fourth-order valence-corrected chi connectivity index (χ4v) is 2.42. The summed E-state index contributed by atoms with van der Waals surface area (Å²) in [5.41, 5.74) is 0.534. The molecule has 156 valence electrons. The van der Waals surface area contributed by atoms with Gasteiger partial charge in [0.25, 0.3) is 5.91 Å². The van der Waals surface area contributed by atoms with Crippen molar-refractivity contribution >= 4 is 34.9 Å². The molecule has 2 aromatic rings. The third-order valence-electron chi connectivity index (χ3n) is 3.38. The second-order valence-corrected chi connectivity index (χ2v) is 6.77. The Hall–Kier alpha value is -2.94. The zero-order valence-electron chi connectivity index (χ0n) is 15.6. The van der Waals surface area contributed by atoms with Crippen molar-refractivity contribution in [2.75, 3.05) is 17.2 Å². The Morgan fingerprint density at radius 3 is 2.48 bits per heavy atom. The predicted octanol–water partition coefficient (Wildman–Crippen LogP) is 5.06. The number of hydrogen-bond acceptors (Lipinski definition) is 3. The van der Waals surface area contributed by atoms with Gasteiger partial charge in [0.05, 0.1) is 5.69 Å².